The molecule has 1 saturated carbocycles. The highest BCUT2D eigenvalue weighted by molar-refractivity contribution is 7.18. The largest absolute Gasteiger partial charge is 0.424 e. The second-order valence-electron chi connectivity index (χ2n) is 8.06. The summed E-state index contributed by atoms with van der Waals surface area (Å²) in [6.07, 6.45) is 4.16. The number of aryl methyl sites for hydroxylation is 1. The molecule has 0 radical (unpaired) electrons. The van der Waals surface area contributed by atoms with Gasteiger partial charge < -0.3 is 4.42 Å². The summed E-state index contributed by atoms with van der Waals surface area (Å²) in [5.41, 5.74) is 3.62. The third kappa shape index (κ3) is 4.23. The van der Waals surface area contributed by atoms with Gasteiger partial charge in [-0.2, -0.15) is 5.26 Å². The summed E-state index contributed by atoms with van der Waals surface area (Å²) in [6.45, 7) is 2.05. The number of nitrogens with zero attached hydrogens (tertiary/aromatic N) is 5. The van der Waals surface area contributed by atoms with E-state index in [4.69, 9.17) is 9.68 Å². The van der Waals surface area contributed by atoms with Gasteiger partial charge >= 0.3 is 0 Å². The maximum absolute atomic E-state index is 12.2. The summed E-state index contributed by atoms with van der Waals surface area (Å²) < 4.78 is 6.73. The monoisotopic (exact) mass is 429 g/mol. The van der Waals surface area contributed by atoms with Crippen molar-refractivity contribution in [3.8, 4) is 17.3 Å². The van der Waals surface area contributed by atoms with Crippen LogP contribution in [0.15, 0.2) is 40.9 Å². The van der Waals surface area contributed by atoms with Crippen molar-refractivity contribution in [2.75, 3.05) is 0 Å². The smallest absolute Gasteiger partial charge is 0.223 e. The quantitative estimate of drug-likeness (QED) is 0.427. The number of benzene rings is 1. The lowest BCUT2D eigenvalue weighted by Crippen LogP contribution is -2.10. The van der Waals surface area contributed by atoms with E-state index in [0.29, 0.717) is 18.2 Å². The third-order valence-corrected chi connectivity index (χ3v) is 6.45. The molecular formula is C23H19N5O2S. The molecule has 0 saturated heterocycles. The third-order valence-electron chi connectivity index (χ3n) is 5.43. The molecule has 0 spiro atoms. The van der Waals surface area contributed by atoms with Gasteiger partial charge in [-0.05, 0) is 49.6 Å². The van der Waals surface area contributed by atoms with Gasteiger partial charge in [-0.3, -0.25) is 9.78 Å². The molecule has 3 heterocycles. The van der Waals surface area contributed by atoms with Crippen molar-refractivity contribution in [1.29, 1.82) is 5.26 Å². The van der Waals surface area contributed by atoms with Crippen LogP contribution in [-0.4, -0.2) is 25.9 Å². The van der Waals surface area contributed by atoms with E-state index in [-0.39, 0.29) is 18.6 Å². The molecule has 7 nitrogen and oxygen atoms in total. The number of thiazole rings is 1. The molecule has 0 aliphatic heterocycles. The Kier molecular flexibility index (Phi) is 4.83. The van der Waals surface area contributed by atoms with Crippen LogP contribution in [0, 0.1) is 23.7 Å². The van der Waals surface area contributed by atoms with E-state index in [1.165, 1.54) is 5.56 Å². The second kappa shape index (κ2) is 7.67. The zero-order valence-corrected chi connectivity index (χ0v) is 17.8. The van der Waals surface area contributed by atoms with E-state index in [9.17, 15) is 4.79 Å². The van der Waals surface area contributed by atoms with E-state index in [0.717, 1.165) is 39.3 Å². The van der Waals surface area contributed by atoms with Crippen LogP contribution in [-0.2, 0) is 17.6 Å². The van der Waals surface area contributed by atoms with Crippen LogP contribution >= 0.6 is 11.3 Å². The van der Waals surface area contributed by atoms with E-state index in [1.54, 1.807) is 11.3 Å². The molecule has 1 aromatic carbocycles. The number of hydrogen-bond acceptors (Lipinski definition) is 8. The number of rotatable bonds is 7. The van der Waals surface area contributed by atoms with Crippen molar-refractivity contribution in [2.24, 2.45) is 5.41 Å². The highest BCUT2D eigenvalue weighted by Gasteiger charge is 2.44. The first kappa shape index (κ1) is 19.5. The molecule has 0 N–H and O–H groups in total. The Balaban J connectivity index is 1.28. The number of fused-ring (bicyclic) bond motifs is 1. The predicted octanol–water partition coefficient (Wildman–Crippen LogP) is 4.45. The maximum Gasteiger partial charge on any atom is 0.223 e. The summed E-state index contributed by atoms with van der Waals surface area (Å²) >= 11 is 1.58. The normalized spacial score (nSPS) is 14.5. The van der Waals surface area contributed by atoms with Crippen molar-refractivity contribution in [3.05, 3.63) is 58.9 Å². The van der Waals surface area contributed by atoms with E-state index in [1.807, 2.05) is 31.3 Å². The lowest BCUT2D eigenvalue weighted by atomic mass is 10.00. The van der Waals surface area contributed by atoms with Gasteiger partial charge in [0.1, 0.15) is 10.8 Å². The number of carbonyl (C=O) groups is 1. The van der Waals surface area contributed by atoms with Crippen LogP contribution < -0.4 is 0 Å². The Labute approximate surface area is 182 Å². The minimum atomic E-state index is -0.451. The van der Waals surface area contributed by atoms with Crippen LogP contribution in [0.25, 0.3) is 21.5 Å². The van der Waals surface area contributed by atoms with Crippen LogP contribution in [0.2, 0.25) is 0 Å². The van der Waals surface area contributed by atoms with Crippen molar-refractivity contribution >= 4 is 27.3 Å². The van der Waals surface area contributed by atoms with Gasteiger partial charge in [-0.25, -0.2) is 4.98 Å². The minimum Gasteiger partial charge on any atom is -0.424 e. The van der Waals surface area contributed by atoms with Crippen LogP contribution in [0.3, 0.4) is 0 Å². The lowest BCUT2D eigenvalue weighted by Gasteiger charge is -2.01. The molecule has 0 atom stereocenters. The fraction of sp³-hybridized carbons (Fsp3) is 0.304. The highest BCUT2D eigenvalue weighted by Crippen LogP contribution is 2.48. The molecule has 3 aromatic heterocycles. The van der Waals surface area contributed by atoms with Crippen LogP contribution in [0.5, 0.6) is 0 Å². The fourth-order valence-electron chi connectivity index (χ4n) is 3.55. The van der Waals surface area contributed by atoms with Crippen molar-refractivity contribution in [3.63, 3.8) is 0 Å². The minimum absolute atomic E-state index is 0.0356. The number of hydrogen-bond donors (Lipinski definition) is 0. The van der Waals surface area contributed by atoms with Gasteiger partial charge in [0.15, 0.2) is 0 Å². The molecule has 31 heavy (non-hydrogen) atoms. The number of carbonyl (C=O) groups excluding carboxylic acids is 1. The Morgan fingerprint density at radius 2 is 2.06 bits per heavy atom. The van der Waals surface area contributed by atoms with Gasteiger partial charge in [-0.1, -0.05) is 6.07 Å². The van der Waals surface area contributed by atoms with Crippen molar-refractivity contribution in [2.45, 2.75) is 39.0 Å². The van der Waals surface area contributed by atoms with E-state index < -0.39 is 5.41 Å². The lowest BCUT2D eigenvalue weighted by molar-refractivity contribution is -0.119. The average molecular weight is 430 g/mol. The molecule has 4 aromatic rings. The van der Waals surface area contributed by atoms with Gasteiger partial charge in [0.2, 0.25) is 11.8 Å². The summed E-state index contributed by atoms with van der Waals surface area (Å²) in [5.74, 6) is 0.693. The first-order chi connectivity index (χ1) is 15.0. The number of nitriles is 1. The fourth-order valence-corrected chi connectivity index (χ4v) is 4.55. The topological polar surface area (TPSA) is 106 Å². The molecular weight excluding hydrogens is 410 g/mol. The van der Waals surface area contributed by atoms with Crippen LogP contribution in [0.1, 0.15) is 41.6 Å². The molecule has 0 amide bonds. The molecule has 1 aliphatic rings. The Morgan fingerprint density at radius 3 is 2.84 bits per heavy atom. The standard InChI is InChI=1S/C23H19N5O2S/c1-14-4-7-25-18(8-14)15-2-3-17-19(9-15)31-22(26-17)11-21-28-27-20(30-21)10-16(29)12-23(13-24)5-6-23/h2-4,7-9H,5-6,10-12H2,1H3. The van der Waals surface area contributed by atoms with Crippen molar-refractivity contribution < 1.29 is 9.21 Å². The summed E-state index contributed by atoms with van der Waals surface area (Å²) in [6, 6.07) is 12.4. The first-order valence-corrected chi connectivity index (χ1v) is 10.9. The molecule has 1 fully saturated rings. The summed E-state index contributed by atoms with van der Waals surface area (Å²) in [7, 11) is 0. The average Bonchev–Trinajstić information content (AvgIpc) is 3.19. The molecule has 5 rings (SSSR count). The number of ketones is 1. The first-order valence-electron chi connectivity index (χ1n) is 10.1. The molecule has 8 heteroatoms. The van der Waals surface area contributed by atoms with E-state index in [2.05, 4.69) is 38.4 Å². The van der Waals surface area contributed by atoms with Gasteiger partial charge in [0, 0.05) is 18.2 Å². The van der Waals surface area contributed by atoms with Gasteiger partial charge in [-0.15, -0.1) is 21.5 Å². The van der Waals surface area contributed by atoms with Crippen molar-refractivity contribution in [1.82, 2.24) is 20.2 Å². The number of aromatic nitrogens is 4. The SMILES string of the molecule is Cc1ccnc(-c2ccc3nc(Cc4nnc(CC(=O)CC5(C#N)CC5)o4)sc3c2)c1. The summed E-state index contributed by atoms with van der Waals surface area (Å²) in [5, 5.41) is 18.1. The zero-order chi connectivity index (χ0) is 21.4. The molecule has 154 valence electrons. The Morgan fingerprint density at radius 1 is 1.23 bits per heavy atom. The zero-order valence-electron chi connectivity index (χ0n) is 17.0. The predicted molar refractivity (Wildman–Crippen MR) is 115 cm³/mol. The van der Waals surface area contributed by atoms with Gasteiger partial charge in [0.05, 0.1) is 40.2 Å². The Hall–Kier alpha value is -3.44. The molecule has 0 unspecified atom stereocenters. The maximum atomic E-state index is 12.2. The van der Waals surface area contributed by atoms with Crippen LogP contribution in [0.4, 0.5) is 0 Å². The van der Waals surface area contributed by atoms with Gasteiger partial charge in [0.25, 0.3) is 0 Å². The molecule has 0 bridgehead atoms. The number of pyridine rings is 1. The summed E-state index contributed by atoms with van der Waals surface area (Å²) in [4.78, 5) is 21.3. The molecule has 1 aliphatic carbocycles. The highest BCUT2D eigenvalue weighted by atomic mass is 32.1. The second-order valence-corrected chi connectivity index (χ2v) is 9.17. The van der Waals surface area contributed by atoms with E-state index >= 15 is 0 Å². The number of Topliss-reactive ketones (excluding diaryl/α,β-unsaturated/α-hetero) is 1. The Bertz CT molecular complexity index is 1330.